The normalized spacial score (nSPS) is 18.8. The van der Waals surface area contributed by atoms with Gasteiger partial charge in [0.2, 0.25) is 0 Å². The predicted octanol–water partition coefficient (Wildman–Crippen LogP) is 5.28. The summed E-state index contributed by atoms with van der Waals surface area (Å²) in [7, 11) is 12.4. The zero-order valence-corrected chi connectivity index (χ0v) is 40.0. The topological polar surface area (TPSA) is 180 Å². The maximum atomic E-state index is 12.8. The Bertz CT molecular complexity index is 2420. The minimum absolute atomic E-state index is 0.125. The summed E-state index contributed by atoms with van der Waals surface area (Å²) in [5, 5.41) is 40.4. The number of quaternary nitrogens is 2. The summed E-state index contributed by atoms with van der Waals surface area (Å²) in [6.07, 6.45) is 5.42. The van der Waals surface area contributed by atoms with E-state index in [1.165, 1.54) is 5.56 Å². The van der Waals surface area contributed by atoms with E-state index in [4.69, 9.17) is 33.2 Å². The molecule has 3 atom stereocenters. The maximum Gasteiger partial charge on any atom is 0.331 e. The van der Waals surface area contributed by atoms with Gasteiger partial charge < -0.3 is 62.6 Å². The highest BCUT2D eigenvalue weighted by molar-refractivity contribution is 5.91. The van der Waals surface area contributed by atoms with Crippen molar-refractivity contribution in [2.45, 2.75) is 71.1 Å². The highest BCUT2D eigenvalue weighted by atomic mass is 16.5. The van der Waals surface area contributed by atoms with E-state index in [0.717, 1.165) is 82.6 Å². The molecular weight excluding hydrogens is 861 g/mol. The van der Waals surface area contributed by atoms with Crippen LogP contribution in [0.1, 0.15) is 69.0 Å². The molecule has 4 N–H and O–H groups in total. The van der Waals surface area contributed by atoms with Crippen LogP contribution in [0.5, 0.6) is 28.7 Å². The lowest BCUT2D eigenvalue weighted by molar-refractivity contribution is -0.941. The molecule has 4 aromatic rings. The van der Waals surface area contributed by atoms with E-state index < -0.39 is 11.9 Å². The predicted molar refractivity (Wildman–Crippen MR) is 251 cm³/mol. The average molecular weight is 929 g/mol. The molecule has 3 unspecified atom stereocenters. The number of esters is 2. The smallest absolute Gasteiger partial charge is 0.331 e. The number of fused-ring (bicyclic) bond motifs is 2. The van der Waals surface area contributed by atoms with Crippen LogP contribution in [0.4, 0.5) is 0 Å². The average Bonchev–Trinajstić information content (AvgIpc) is 3.35. The Morgan fingerprint density at radius 2 is 1.28 bits per heavy atom. The van der Waals surface area contributed by atoms with Gasteiger partial charge in [0, 0.05) is 60.9 Å². The van der Waals surface area contributed by atoms with Gasteiger partial charge in [0.05, 0.1) is 121 Å². The zero-order valence-electron chi connectivity index (χ0n) is 40.0. The fraction of sp³-hybridized carbons (Fsp3) is 0.462. The second kappa shape index (κ2) is 22.9. The molecule has 2 heterocycles. The Balaban J connectivity index is 1.04. The van der Waals surface area contributed by atoms with Crippen LogP contribution in [0, 0.1) is 0 Å². The molecular formula is C52H68N2O13+2. The first-order chi connectivity index (χ1) is 32.3. The Morgan fingerprint density at radius 3 is 1.90 bits per heavy atom. The van der Waals surface area contributed by atoms with E-state index in [2.05, 4.69) is 20.2 Å². The molecule has 0 saturated heterocycles. The molecule has 2 aliphatic rings. The SMILES string of the molecule is COc1ccc(-c2c3c(cc(OC)c2OC)CC[N+](C)(CCCOC(=O)/C=C/C(=O)OCCC[N+]2(C)CCc4cc(CO)c(CO)c(OC)c4C2Cc2ccc(CO)c(CO)c2)C3)cc1OC. The second-order valence-electron chi connectivity index (χ2n) is 17.8. The lowest BCUT2D eigenvalue weighted by Gasteiger charge is -2.46. The van der Waals surface area contributed by atoms with E-state index in [1.54, 1.807) is 35.5 Å². The first kappa shape index (κ1) is 50.7. The van der Waals surface area contributed by atoms with E-state index in [0.29, 0.717) is 87.7 Å². The van der Waals surface area contributed by atoms with Crippen molar-refractivity contribution in [3.8, 4) is 39.9 Å². The van der Waals surface area contributed by atoms with Gasteiger partial charge in [0.25, 0.3) is 0 Å². The van der Waals surface area contributed by atoms with Crippen LogP contribution in [0.15, 0.2) is 60.7 Å². The zero-order chi connectivity index (χ0) is 48.3. The van der Waals surface area contributed by atoms with Crippen LogP contribution in [-0.4, -0.2) is 130 Å². The first-order valence-electron chi connectivity index (χ1n) is 22.8. The van der Waals surface area contributed by atoms with E-state index in [9.17, 15) is 30.0 Å². The summed E-state index contributed by atoms with van der Waals surface area (Å²) < 4.78 is 41.1. The molecule has 0 radical (unpaired) electrons. The van der Waals surface area contributed by atoms with Crippen LogP contribution in [-0.2, 0) is 71.3 Å². The van der Waals surface area contributed by atoms with Crippen LogP contribution < -0.4 is 23.7 Å². The van der Waals surface area contributed by atoms with Gasteiger partial charge in [-0.15, -0.1) is 0 Å². The molecule has 15 heteroatoms. The standard InChI is InChI=1S/C52H68N2O13/c1-53(20-16-35-27-46(63-5)52(65-7)49(41(35)29-53)36-12-13-44(61-3)45(28-36)62-4)18-8-22-66-47(59)14-15-48(60)67-23-9-19-54(2)21-17-37-26-40(32-57)42(33-58)51(64-6)50(37)43(54)25-34-10-11-38(30-55)39(24-34)31-56/h10-15,24,26-28,43,55-58H,8-9,16-23,25,29-33H2,1-7H3/q+2/b15-14+. The first-order valence-corrected chi connectivity index (χ1v) is 22.8. The quantitative estimate of drug-likeness (QED) is 0.0347. The second-order valence-corrected chi connectivity index (χ2v) is 17.8. The summed E-state index contributed by atoms with van der Waals surface area (Å²) >= 11 is 0. The molecule has 67 heavy (non-hydrogen) atoms. The number of carbonyl (C=O) groups is 2. The monoisotopic (exact) mass is 928 g/mol. The summed E-state index contributed by atoms with van der Waals surface area (Å²) in [4.78, 5) is 25.5. The van der Waals surface area contributed by atoms with Crippen LogP contribution in [0.2, 0.25) is 0 Å². The molecule has 0 amide bonds. The van der Waals surface area contributed by atoms with Gasteiger partial charge in [-0.25, -0.2) is 9.59 Å². The molecule has 0 aliphatic carbocycles. The fourth-order valence-electron chi connectivity index (χ4n) is 9.99. The highest BCUT2D eigenvalue weighted by Gasteiger charge is 2.42. The summed E-state index contributed by atoms with van der Waals surface area (Å²) in [6.45, 7) is 3.13. The van der Waals surface area contributed by atoms with Crippen molar-refractivity contribution in [2.24, 2.45) is 0 Å². The number of hydrogen-bond acceptors (Lipinski definition) is 13. The van der Waals surface area contributed by atoms with E-state index >= 15 is 0 Å². The van der Waals surface area contributed by atoms with Gasteiger partial charge in [-0.1, -0.05) is 30.3 Å². The van der Waals surface area contributed by atoms with E-state index in [-0.39, 0.29) is 45.7 Å². The van der Waals surface area contributed by atoms with Crippen LogP contribution in [0.3, 0.4) is 0 Å². The number of rotatable bonds is 22. The third-order valence-electron chi connectivity index (χ3n) is 13.7. The van der Waals surface area contributed by atoms with Crippen molar-refractivity contribution in [3.63, 3.8) is 0 Å². The van der Waals surface area contributed by atoms with E-state index in [1.807, 2.05) is 42.5 Å². The third kappa shape index (κ3) is 11.4. The Kier molecular flexibility index (Phi) is 17.3. The number of aliphatic hydroxyl groups excluding tert-OH is 4. The lowest BCUT2D eigenvalue weighted by Crippen LogP contribution is -2.53. The molecule has 2 aliphatic heterocycles. The van der Waals surface area contributed by atoms with Crippen molar-refractivity contribution in [3.05, 3.63) is 111 Å². The Hall–Kier alpha value is -5.68. The van der Waals surface area contributed by atoms with Gasteiger partial charge in [0.15, 0.2) is 23.0 Å². The van der Waals surface area contributed by atoms with Gasteiger partial charge in [0.1, 0.15) is 18.3 Å². The minimum atomic E-state index is -0.645. The number of benzene rings is 4. The number of carbonyl (C=O) groups excluding carboxylic acids is 2. The number of hydrogen-bond donors (Lipinski definition) is 4. The number of aliphatic hydroxyl groups is 4. The molecule has 0 fully saturated rings. The highest BCUT2D eigenvalue weighted by Crippen LogP contribution is 2.48. The minimum Gasteiger partial charge on any atom is -0.496 e. The summed E-state index contributed by atoms with van der Waals surface area (Å²) in [5.74, 6) is 1.83. The largest absolute Gasteiger partial charge is 0.496 e. The number of methoxy groups -OCH3 is 5. The molecule has 362 valence electrons. The number of ether oxygens (including phenoxy) is 7. The number of likely N-dealkylation sites (N-methyl/N-ethyl adjacent to an activating group) is 2. The third-order valence-corrected chi connectivity index (χ3v) is 13.7. The lowest BCUT2D eigenvalue weighted by atomic mass is 9.82. The maximum absolute atomic E-state index is 12.8. The van der Waals surface area contributed by atoms with Crippen LogP contribution in [0.25, 0.3) is 11.1 Å². The molecule has 0 aromatic heterocycles. The molecule has 6 rings (SSSR count). The fourth-order valence-corrected chi connectivity index (χ4v) is 9.99. The van der Waals surface area contributed by atoms with Crippen molar-refractivity contribution in [1.29, 1.82) is 0 Å². The van der Waals surface area contributed by atoms with Gasteiger partial charge in [-0.2, -0.15) is 0 Å². The van der Waals surface area contributed by atoms with Crippen molar-refractivity contribution >= 4 is 11.9 Å². The van der Waals surface area contributed by atoms with Crippen LogP contribution >= 0.6 is 0 Å². The molecule has 15 nitrogen and oxygen atoms in total. The molecule has 0 saturated carbocycles. The van der Waals surface area contributed by atoms with Gasteiger partial charge >= 0.3 is 11.9 Å². The molecule has 4 aromatic carbocycles. The summed E-state index contributed by atoms with van der Waals surface area (Å²) in [5.41, 5.74) is 9.63. The van der Waals surface area contributed by atoms with Crippen molar-refractivity contribution in [1.82, 2.24) is 0 Å². The summed E-state index contributed by atoms with van der Waals surface area (Å²) in [6, 6.07) is 15.4. The van der Waals surface area contributed by atoms with Crippen molar-refractivity contribution < 1.29 is 72.1 Å². The van der Waals surface area contributed by atoms with Crippen molar-refractivity contribution in [2.75, 3.05) is 89.0 Å². The molecule has 0 bridgehead atoms. The Morgan fingerprint density at radius 1 is 0.642 bits per heavy atom. The number of nitrogens with zero attached hydrogens (tertiary/aromatic N) is 2. The van der Waals surface area contributed by atoms with Gasteiger partial charge in [-0.3, -0.25) is 0 Å². The van der Waals surface area contributed by atoms with Gasteiger partial charge in [-0.05, 0) is 57.1 Å². The Labute approximate surface area is 393 Å². The molecule has 0 spiro atoms.